The number of benzene rings is 3. The van der Waals surface area contributed by atoms with Crippen LogP contribution in [0.25, 0.3) is 0 Å². The van der Waals surface area contributed by atoms with E-state index in [1.54, 1.807) is 30.3 Å². The summed E-state index contributed by atoms with van der Waals surface area (Å²) in [6.07, 6.45) is 0.635. The molecule has 5 nitrogen and oxygen atoms in total. The second-order valence-corrected chi connectivity index (χ2v) is 9.13. The fourth-order valence-electron chi connectivity index (χ4n) is 2.88. The lowest BCUT2D eigenvalue weighted by Crippen LogP contribution is -2.41. The molecule has 0 aliphatic carbocycles. The quantitative estimate of drug-likeness (QED) is 0.533. The maximum Gasteiger partial charge on any atom is 0.264 e. The Morgan fingerprint density at radius 3 is 2.17 bits per heavy atom. The van der Waals surface area contributed by atoms with E-state index in [-0.39, 0.29) is 20.6 Å². The Kier molecular flexibility index (Phi) is 7.37. The molecule has 0 radical (unpaired) electrons. The van der Waals surface area contributed by atoms with E-state index in [2.05, 4.69) is 5.32 Å². The molecule has 0 unspecified atom stereocenters. The Morgan fingerprint density at radius 2 is 1.50 bits per heavy atom. The van der Waals surface area contributed by atoms with Crippen LogP contribution in [0.2, 0.25) is 10.0 Å². The second kappa shape index (κ2) is 9.98. The molecule has 0 aliphatic rings. The van der Waals surface area contributed by atoms with Gasteiger partial charge in [0.25, 0.3) is 10.0 Å². The monoisotopic (exact) mass is 462 g/mol. The summed E-state index contributed by atoms with van der Waals surface area (Å²) in [5.74, 6) is -0.443. The Labute approximate surface area is 186 Å². The van der Waals surface area contributed by atoms with E-state index in [0.717, 1.165) is 9.87 Å². The number of carbonyl (C=O) groups excluding carboxylic acids is 1. The van der Waals surface area contributed by atoms with Crippen molar-refractivity contribution >= 4 is 44.8 Å². The van der Waals surface area contributed by atoms with Crippen molar-refractivity contribution in [3.63, 3.8) is 0 Å². The van der Waals surface area contributed by atoms with Crippen molar-refractivity contribution in [3.05, 3.63) is 94.5 Å². The van der Waals surface area contributed by atoms with Crippen molar-refractivity contribution in [2.45, 2.75) is 11.3 Å². The molecule has 1 N–H and O–H groups in total. The number of nitrogens with one attached hydrogen (secondary N) is 1. The Morgan fingerprint density at radius 1 is 0.867 bits per heavy atom. The van der Waals surface area contributed by atoms with Gasteiger partial charge in [-0.25, -0.2) is 8.42 Å². The van der Waals surface area contributed by atoms with Crippen LogP contribution < -0.4 is 9.62 Å². The van der Waals surface area contributed by atoms with Crippen LogP contribution in [0.4, 0.5) is 5.69 Å². The summed E-state index contributed by atoms with van der Waals surface area (Å²) in [5, 5.41) is 3.03. The molecule has 0 aliphatic heterocycles. The standard InChI is InChI=1S/C22H20Cl2N2O3S/c23-19-12-7-13-20(22(19)24)26(30(28,29)18-10-5-2-6-11-18)16-21(27)25-15-14-17-8-3-1-4-9-17/h1-13H,14-16H2,(H,25,27). The summed E-state index contributed by atoms with van der Waals surface area (Å²) >= 11 is 12.4. The lowest BCUT2D eigenvalue weighted by atomic mass is 10.1. The van der Waals surface area contributed by atoms with Gasteiger partial charge in [-0.15, -0.1) is 0 Å². The zero-order valence-corrected chi connectivity index (χ0v) is 18.3. The van der Waals surface area contributed by atoms with Crippen molar-refractivity contribution in [2.75, 3.05) is 17.4 Å². The average molecular weight is 463 g/mol. The number of hydrogen-bond donors (Lipinski definition) is 1. The Hall–Kier alpha value is -2.54. The highest BCUT2D eigenvalue weighted by molar-refractivity contribution is 7.92. The van der Waals surface area contributed by atoms with Gasteiger partial charge in [-0.1, -0.05) is 77.8 Å². The highest BCUT2D eigenvalue weighted by atomic mass is 35.5. The molecule has 30 heavy (non-hydrogen) atoms. The number of sulfonamides is 1. The van der Waals surface area contributed by atoms with Crippen LogP contribution in [0.3, 0.4) is 0 Å². The van der Waals surface area contributed by atoms with Gasteiger partial charge in [0, 0.05) is 6.54 Å². The van der Waals surface area contributed by atoms with E-state index in [4.69, 9.17) is 23.2 Å². The van der Waals surface area contributed by atoms with Crippen LogP contribution in [0.5, 0.6) is 0 Å². The minimum Gasteiger partial charge on any atom is -0.354 e. The van der Waals surface area contributed by atoms with Crippen LogP contribution in [-0.4, -0.2) is 27.4 Å². The van der Waals surface area contributed by atoms with Gasteiger partial charge in [-0.05, 0) is 36.2 Å². The summed E-state index contributed by atoms with van der Waals surface area (Å²) in [4.78, 5) is 12.7. The first kappa shape index (κ1) is 22.2. The molecule has 0 saturated heterocycles. The lowest BCUT2D eigenvalue weighted by Gasteiger charge is -2.25. The van der Waals surface area contributed by atoms with Crippen LogP contribution in [0, 0.1) is 0 Å². The molecule has 3 rings (SSSR count). The van der Waals surface area contributed by atoms with Gasteiger partial charge >= 0.3 is 0 Å². The first-order chi connectivity index (χ1) is 14.4. The zero-order valence-electron chi connectivity index (χ0n) is 16.0. The highest BCUT2D eigenvalue weighted by Crippen LogP contribution is 2.35. The molecule has 8 heteroatoms. The molecule has 0 heterocycles. The molecule has 0 spiro atoms. The topological polar surface area (TPSA) is 66.5 Å². The van der Waals surface area contributed by atoms with Crippen LogP contribution in [0.15, 0.2) is 83.8 Å². The molecule has 3 aromatic carbocycles. The number of anilines is 1. The summed E-state index contributed by atoms with van der Waals surface area (Å²) < 4.78 is 27.5. The third-order valence-electron chi connectivity index (χ3n) is 4.40. The highest BCUT2D eigenvalue weighted by Gasteiger charge is 2.29. The maximum absolute atomic E-state index is 13.3. The van der Waals surface area contributed by atoms with E-state index in [9.17, 15) is 13.2 Å². The fraction of sp³-hybridized carbons (Fsp3) is 0.136. The Balaban J connectivity index is 1.83. The summed E-state index contributed by atoms with van der Waals surface area (Å²) in [6, 6.07) is 22.2. The minimum atomic E-state index is -4.04. The zero-order chi connectivity index (χ0) is 21.6. The normalized spacial score (nSPS) is 11.1. The molecule has 0 saturated carbocycles. The van der Waals surface area contributed by atoms with Gasteiger partial charge in [0.2, 0.25) is 5.91 Å². The van der Waals surface area contributed by atoms with Gasteiger partial charge in [0.05, 0.1) is 20.6 Å². The minimum absolute atomic E-state index is 0.0538. The molecule has 156 valence electrons. The van der Waals surface area contributed by atoms with Crippen LogP contribution in [-0.2, 0) is 21.2 Å². The van der Waals surface area contributed by atoms with E-state index in [1.807, 2.05) is 30.3 Å². The average Bonchev–Trinajstić information content (AvgIpc) is 2.75. The number of rotatable bonds is 8. The Bertz CT molecular complexity index is 1110. The molecule has 0 atom stereocenters. The van der Waals surface area contributed by atoms with Crippen molar-refractivity contribution in [1.29, 1.82) is 0 Å². The third kappa shape index (κ3) is 5.33. The summed E-state index contributed by atoms with van der Waals surface area (Å²) in [6.45, 7) is -0.0442. The van der Waals surface area contributed by atoms with Crippen molar-refractivity contribution in [2.24, 2.45) is 0 Å². The van der Waals surface area contributed by atoms with Gasteiger partial charge in [0.1, 0.15) is 6.54 Å². The molecule has 0 bridgehead atoms. The summed E-state index contributed by atoms with van der Waals surface area (Å²) in [7, 11) is -4.04. The summed E-state index contributed by atoms with van der Waals surface area (Å²) in [5.41, 5.74) is 1.22. The molecule has 1 amide bonds. The second-order valence-electron chi connectivity index (χ2n) is 6.48. The van der Waals surface area contributed by atoms with Crippen molar-refractivity contribution < 1.29 is 13.2 Å². The largest absolute Gasteiger partial charge is 0.354 e. The van der Waals surface area contributed by atoms with Gasteiger partial charge in [-0.2, -0.15) is 0 Å². The third-order valence-corrected chi connectivity index (χ3v) is 6.98. The first-order valence-corrected chi connectivity index (χ1v) is 11.4. The predicted octanol–water partition coefficient (Wildman–Crippen LogP) is 4.55. The van der Waals surface area contributed by atoms with Crippen LogP contribution in [0.1, 0.15) is 5.56 Å². The maximum atomic E-state index is 13.3. The molecular weight excluding hydrogens is 443 g/mol. The molecular formula is C22H20Cl2N2O3S. The lowest BCUT2D eigenvalue weighted by molar-refractivity contribution is -0.119. The van der Waals surface area contributed by atoms with Gasteiger partial charge in [-0.3, -0.25) is 9.10 Å². The van der Waals surface area contributed by atoms with E-state index >= 15 is 0 Å². The van der Waals surface area contributed by atoms with Crippen LogP contribution >= 0.6 is 23.2 Å². The van der Waals surface area contributed by atoms with Gasteiger partial charge in [0.15, 0.2) is 0 Å². The molecule has 3 aromatic rings. The predicted molar refractivity (Wildman–Crippen MR) is 121 cm³/mol. The number of nitrogens with zero attached hydrogens (tertiary/aromatic N) is 1. The fourth-order valence-corrected chi connectivity index (χ4v) is 4.78. The molecule has 0 fully saturated rings. The number of halogens is 2. The number of carbonyl (C=O) groups is 1. The number of hydrogen-bond acceptors (Lipinski definition) is 3. The SMILES string of the molecule is O=C(CN(c1cccc(Cl)c1Cl)S(=O)(=O)c1ccccc1)NCCc1ccccc1. The number of amides is 1. The first-order valence-electron chi connectivity index (χ1n) is 9.22. The van der Waals surface area contributed by atoms with Gasteiger partial charge < -0.3 is 5.32 Å². The molecule has 0 aromatic heterocycles. The van der Waals surface area contributed by atoms with E-state index in [1.165, 1.54) is 18.2 Å². The van der Waals surface area contributed by atoms with E-state index < -0.39 is 22.5 Å². The van der Waals surface area contributed by atoms with E-state index in [0.29, 0.717) is 13.0 Å². The van der Waals surface area contributed by atoms with Crippen molar-refractivity contribution in [3.8, 4) is 0 Å². The van der Waals surface area contributed by atoms with Crippen molar-refractivity contribution in [1.82, 2.24) is 5.32 Å². The smallest absolute Gasteiger partial charge is 0.264 e.